The van der Waals surface area contributed by atoms with Crippen LogP contribution in [0.4, 0.5) is 11.4 Å². The van der Waals surface area contributed by atoms with Crippen LogP contribution in [0, 0.1) is 0 Å². The molecule has 2 aromatic heterocycles. The van der Waals surface area contributed by atoms with Gasteiger partial charge in [0, 0.05) is 37.2 Å². The second kappa shape index (κ2) is 6.80. The first kappa shape index (κ1) is 17.0. The van der Waals surface area contributed by atoms with Crippen molar-refractivity contribution in [2.75, 3.05) is 16.6 Å². The Morgan fingerprint density at radius 2 is 2.00 bits per heavy atom. The molecule has 5 nitrogen and oxygen atoms in total. The number of hydrogen-bond donors (Lipinski definition) is 2. The van der Waals surface area contributed by atoms with Crippen LogP contribution in [-0.2, 0) is 24.5 Å². The van der Waals surface area contributed by atoms with Crippen molar-refractivity contribution in [2.24, 2.45) is 7.05 Å². The van der Waals surface area contributed by atoms with Crippen LogP contribution in [0.1, 0.15) is 5.56 Å². The van der Waals surface area contributed by atoms with Crippen LogP contribution in [0.5, 0.6) is 0 Å². The van der Waals surface area contributed by atoms with E-state index in [9.17, 15) is 4.21 Å². The zero-order valence-electron chi connectivity index (χ0n) is 15.5. The Morgan fingerprint density at radius 3 is 2.86 bits per heavy atom. The summed E-state index contributed by atoms with van der Waals surface area (Å²) in [6.45, 7) is 0.985. The van der Waals surface area contributed by atoms with E-state index < -0.39 is 11.0 Å². The quantitative estimate of drug-likeness (QED) is 0.547. The highest BCUT2D eigenvalue weighted by atomic mass is 32.2. The van der Waals surface area contributed by atoms with Crippen molar-refractivity contribution in [2.45, 2.75) is 11.3 Å². The number of hydrogen-bond acceptors (Lipinski definition) is 3. The predicted octanol–water partition coefficient (Wildman–Crippen LogP) is 4.34. The third kappa shape index (κ3) is 2.86. The maximum atomic E-state index is 12.8. The molecule has 140 valence electrons. The van der Waals surface area contributed by atoms with Gasteiger partial charge in [0.05, 0.1) is 16.0 Å². The molecule has 0 saturated carbocycles. The smallest absolute Gasteiger partial charge is 0.150 e. The lowest BCUT2D eigenvalue weighted by molar-refractivity contribution is 0.686. The topological polar surface area (TPSA) is 59.0 Å². The second-order valence-electron chi connectivity index (χ2n) is 6.94. The average molecular weight is 388 g/mol. The molecule has 1 atom stereocenters. The Morgan fingerprint density at radius 1 is 1.14 bits per heavy atom. The molecule has 1 unspecified atom stereocenters. The van der Waals surface area contributed by atoms with E-state index in [1.54, 1.807) is 6.20 Å². The van der Waals surface area contributed by atoms with Gasteiger partial charge in [-0.3, -0.25) is 0 Å². The van der Waals surface area contributed by atoms with Gasteiger partial charge in [-0.05, 0) is 41.8 Å². The minimum atomic E-state index is -1.34. The minimum Gasteiger partial charge on any atom is -0.384 e. The lowest BCUT2D eigenvalue weighted by Crippen LogP contribution is -2.05. The monoisotopic (exact) mass is 388 g/mol. The number of pyridine rings is 1. The van der Waals surface area contributed by atoms with Gasteiger partial charge in [-0.2, -0.15) is 0 Å². The van der Waals surface area contributed by atoms with E-state index in [1.807, 2.05) is 48.0 Å². The Kier molecular flexibility index (Phi) is 4.13. The standard InChI is InChI=1S/C22H20N4OS/c1-26-14-18(16-8-7-15-9-11-23-20(15)13-16)21-19(10-12-24-22(21)26)25-28(27)17-5-3-2-4-6-17/h2-8,10,12-14,23H,9,11H2,1H3,(H,24,25). The zero-order chi connectivity index (χ0) is 19.1. The largest absolute Gasteiger partial charge is 0.384 e. The number of aromatic nitrogens is 2. The molecule has 0 spiro atoms. The average Bonchev–Trinajstić information content (AvgIpc) is 3.33. The summed E-state index contributed by atoms with van der Waals surface area (Å²) < 4.78 is 18.0. The van der Waals surface area contributed by atoms with Gasteiger partial charge in [-0.25, -0.2) is 9.19 Å². The highest BCUT2D eigenvalue weighted by molar-refractivity contribution is 7.86. The molecule has 1 aliphatic heterocycles. The molecule has 2 N–H and O–H groups in total. The summed E-state index contributed by atoms with van der Waals surface area (Å²) in [7, 11) is 0.644. The summed E-state index contributed by atoms with van der Waals surface area (Å²) in [5.74, 6) is 0. The van der Waals surface area contributed by atoms with Crippen molar-refractivity contribution < 1.29 is 4.21 Å². The Balaban J connectivity index is 1.62. The van der Waals surface area contributed by atoms with Gasteiger partial charge in [-0.1, -0.05) is 30.3 Å². The molecule has 0 radical (unpaired) electrons. The van der Waals surface area contributed by atoms with Crippen LogP contribution < -0.4 is 10.0 Å². The first-order valence-corrected chi connectivity index (χ1v) is 10.4. The molecule has 28 heavy (non-hydrogen) atoms. The number of aryl methyl sites for hydroxylation is 1. The third-order valence-corrected chi connectivity index (χ3v) is 6.25. The van der Waals surface area contributed by atoms with Crippen LogP contribution in [0.25, 0.3) is 22.2 Å². The molecule has 0 aliphatic carbocycles. The van der Waals surface area contributed by atoms with Crippen molar-refractivity contribution in [3.05, 3.63) is 72.6 Å². The van der Waals surface area contributed by atoms with Crippen molar-refractivity contribution in [1.82, 2.24) is 9.55 Å². The van der Waals surface area contributed by atoms with Gasteiger partial charge < -0.3 is 14.6 Å². The normalized spacial score (nSPS) is 13.9. The Bertz CT molecular complexity index is 1200. The molecular formula is C22H20N4OS. The lowest BCUT2D eigenvalue weighted by Gasteiger charge is -2.10. The molecule has 4 aromatic rings. The van der Waals surface area contributed by atoms with Gasteiger partial charge in [-0.15, -0.1) is 0 Å². The minimum absolute atomic E-state index is 0.742. The van der Waals surface area contributed by atoms with Crippen molar-refractivity contribution in [3.63, 3.8) is 0 Å². The fraction of sp³-hybridized carbons (Fsp3) is 0.136. The Labute approximate surface area is 166 Å². The fourth-order valence-electron chi connectivity index (χ4n) is 3.77. The van der Waals surface area contributed by atoms with Crippen molar-refractivity contribution in [1.29, 1.82) is 0 Å². The SMILES string of the molecule is Cn1cc(-c2ccc3c(c2)NCC3)c2c(NS(=O)c3ccccc3)ccnc21. The number of anilines is 2. The zero-order valence-corrected chi connectivity index (χ0v) is 16.3. The van der Waals surface area contributed by atoms with E-state index in [0.717, 1.165) is 45.7 Å². The summed E-state index contributed by atoms with van der Waals surface area (Å²) in [6.07, 6.45) is 4.90. The fourth-order valence-corrected chi connectivity index (χ4v) is 4.66. The van der Waals surface area contributed by atoms with Crippen LogP contribution in [0.3, 0.4) is 0 Å². The van der Waals surface area contributed by atoms with Crippen LogP contribution in [-0.4, -0.2) is 20.3 Å². The number of rotatable bonds is 4. The Hall–Kier alpha value is -3.12. The third-order valence-electron chi connectivity index (χ3n) is 5.15. The van der Waals surface area contributed by atoms with Gasteiger partial charge in [0.15, 0.2) is 0 Å². The number of nitrogens with one attached hydrogen (secondary N) is 2. The van der Waals surface area contributed by atoms with E-state index in [1.165, 1.54) is 11.3 Å². The lowest BCUT2D eigenvalue weighted by atomic mass is 10.0. The number of fused-ring (bicyclic) bond motifs is 2. The van der Waals surface area contributed by atoms with E-state index in [4.69, 9.17) is 0 Å². The van der Waals surface area contributed by atoms with E-state index >= 15 is 0 Å². The van der Waals surface area contributed by atoms with Crippen molar-refractivity contribution in [3.8, 4) is 11.1 Å². The van der Waals surface area contributed by atoms with Crippen LogP contribution in [0.15, 0.2) is 71.9 Å². The second-order valence-corrected chi connectivity index (χ2v) is 8.16. The molecule has 3 heterocycles. The number of benzene rings is 2. The van der Waals surface area contributed by atoms with Crippen LogP contribution in [0.2, 0.25) is 0 Å². The van der Waals surface area contributed by atoms with Gasteiger partial charge in [0.1, 0.15) is 16.6 Å². The maximum absolute atomic E-state index is 12.8. The van der Waals surface area contributed by atoms with E-state index in [0.29, 0.717) is 0 Å². The molecule has 6 heteroatoms. The van der Waals surface area contributed by atoms with Gasteiger partial charge in [0.25, 0.3) is 0 Å². The van der Waals surface area contributed by atoms with Gasteiger partial charge >= 0.3 is 0 Å². The maximum Gasteiger partial charge on any atom is 0.150 e. The molecule has 0 amide bonds. The molecule has 0 bridgehead atoms. The summed E-state index contributed by atoms with van der Waals surface area (Å²) >= 11 is 0. The highest BCUT2D eigenvalue weighted by Gasteiger charge is 2.17. The van der Waals surface area contributed by atoms with Crippen molar-refractivity contribution >= 4 is 33.4 Å². The summed E-state index contributed by atoms with van der Waals surface area (Å²) in [5.41, 5.74) is 6.43. The highest BCUT2D eigenvalue weighted by Crippen LogP contribution is 2.37. The molecule has 0 fully saturated rings. The molecule has 5 rings (SSSR count). The molecule has 0 saturated heterocycles. The van der Waals surface area contributed by atoms with E-state index in [-0.39, 0.29) is 0 Å². The summed E-state index contributed by atoms with van der Waals surface area (Å²) in [5, 5.41) is 4.43. The molecular weight excluding hydrogens is 368 g/mol. The molecule has 1 aliphatic rings. The summed E-state index contributed by atoms with van der Waals surface area (Å²) in [6, 6.07) is 17.9. The number of nitrogens with zero attached hydrogens (tertiary/aromatic N) is 2. The molecule has 2 aromatic carbocycles. The first-order valence-electron chi connectivity index (χ1n) is 9.25. The van der Waals surface area contributed by atoms with Crippen LogP contribution >= 0.6 is 0 Å². The first-order chi connectivity index (χ1) is 13.7. The van der Waals surface area contributed by atoms with E-state index in [2.05, 4.69) is 39.4 Å². The van der Waals surface area contributed by atoms with Gasteiger partial charge in [0.2, 0.25) is 0 Å². The predicted molar refractivity (Wildman–Crippen MR) is 115 cm³/mol. The summed E-state index contributed by atoms with van der Waals surface area (Å²) in [4.78, 5) is 5.29.